The summed E-state index contributed by atoms with van der Waals surface area (Å²) in [6, 6.07) is 4.33. The average Bonchev–Trinajstić information content (AvgIpc) is 2.34. The van der Waals surface area contributed by atoms with Gasteiger partial charge >= 0.3 is 18.0 Å². The van der Waals surface area contributed by atoms with Crippen LogP contribution in [0.3, 0.4) is 0 Å². The zero-order valence-electron chi connectivity index (χ0n) is 10.2. The van der Waals surface area contributed by atoms with E-state index in [2.05, 4.69) is 0 Å². The molecule has 0 radical (unpaired) electrons. The zero-order valence-corrected chi connectivity index (χ0v) is 10.2. The molecule has 0 fully saturated rings. The summed E-state index contributed by atoms with van der Waals surface area (Å²) in [6.45, 7) is 1.61. The average molecular weight is 304 g/mol. The topological polar surface area (TPSA) is 20.2 Å². The molecule has 0 aromatic heterocycles. The van der Waals surface area contributed by atoms with E-state index in [1.54, 1.807) is 6.92 Å². The minimum absolute atomic E-state index is 0.317. The molecule has 0 spiro atoms. The Labute approximate surface area is 110 Å². The normalized spacial score (nSPS) is 15.2. The highest BCUT2D eigenvalue weighted by atomic mass is 19.4. The van der Waals surface area contributed by atoms with Gasteiger partial charge in [-0.15, -0.1) is 0 Å². The zero-order chi connectivity index (χ0) is 15.8. The number of aryl methyl sites for hydroxylation is 1. The highest BCUT2D eigenvalue weighted by Crippen LogP contribution is 2.53. The fourth-order valence-corrected chi connectivity index (χ4v) is 1.68. The molecule has 1 aromatic carbocycles. The minimum Gasteiger partial charge on any atom is -0.384 e. The quantitative estimate of drug-likeness (QED) is 0.833. The second-order valence-electron chi connectivity index (χ2n) is 4.21. The first-order valence-corrected chi connectivity index (χ1v) is 5.54. The van der Waals surface area contributed by atoms with E-state index in [9.17, 15) is 35.8 Å². The second-order valence-corrected chi connectivity index (χ2v) is 4.21. The van der Waals surface area contributed by atoms with E-state index in [1.165, 1.54) is 6.07 Å². The van der Waals surface area contributed by atoms with Crippen LogP contribution in [0.1, 0.15) is 24.2 Å². The van der Waals surface area contributed by atoms with Crippen LogP contribution in [-0.4, -0.2) is 23.1 Å². The van der Waals surface area contributed by atoms with Crippen molar-refractivity contribution >= 4 is 0 Å². The summed E-state index contributed by atoms with van der Waals surface area (Å²) in [4.78, 5) is 0. The fraction of sp³-hybridized carbons (Fsp3) is 0.500. The first kappa shape index (κ1) is 16.7. The molecule has 0 saturated carbocycles. The molecule has 1 aromatic rings. The lowest BCUT2D eigenvalue weighted by Crippen LogP contribution is -2.57. The Morgan fingerprint density at radius 1 is 1.00 bits per heavy atom. The molecule has 0 heterocycles. The van der Waals surface area contributed by atoms with Crippen LogP contribution in [0.15, 0.2) is 24.3 Å². The van der Waals surface area contributed by atoms with Gasteiger partial charge in [0.2, 0.25) is 0 Å². The van der Waals surface area contributed by atoms with Gasteiger partial charge in [0.25, 0.3) is 0 Å². The number of benzene rings is 1. The van der Waals surface area contributed by atoms with Gasteiger partial charge in [0.15, 0.2) is 0 Å². The molecule has 0 amide bonds. The van der Waals surface area contributed by atoms with E-state index in [0.29, 0.717) is 12.0 Å². The molecule has 0 aliphatic carbocycles. The van der Waals surface area contributed by atoms with Crippen molar-refractivity contribution in [2.45, 2.75) is 37.5 Å². The molecular weight excluding hydrogens is 293 g/mol. The van der Waals surface area contributed by atoms with E-state index >= 15 is 0 Å². The molecule has 1 N–H and O–H groups in total. The molecule has 0 aliphatic rings. The summed E-state index contributed by atoms with van der Waals surface area (Å²) in [7, 11) is 0. The Morgan fingerprint density at radius 3 is 1.90 bits per heavy atom. The molecule has 1 unspecified atom stereocenters. The van der Waals surface area contributed by atoms with Gasteiger partial charge in [-0.3, -0.25) is 0 Å². The predicted octanol–water partition coefficient (Wildman–Crippen LogP) is 4.12. The van der Waals surface area contributed by atoms with Crippen LogP contribution in [0.5, 0.6) is 0 Å². The third kappa shape index (κ3) is 2.74. The van der Waals surface area contributed by atoms with Crippen molar-refractivity contribution < 1.29 is 35.8 Å². The van der Waals surface area contributed by atoms with Gasteiger partial charge in [0.05, 0.1) is 0 Å². The second kappa shape index (κ2) is 5.23. The monoisotopic (exact) mass is 304 g/mol. The minimum atomic E-state index is -6.28. The van der Waals surface area contributed by atoms with Gasteiger partial charge in [-0.25, -0.2) is 4.39 Å². The molecule has 1 nitrogen and oxygen atoms in total. The smallest absolute Gasteiger partial charge is 0.384 e. The third-order valence-corrected chi connectivity index (χ3v) is 2.88. The van der Waals surface area contributed by atoms with Crippen LogP contribution in [0.25, 0.3) is 0 Å². The van der Waals surface area contributed by atoms with Gasteiger partial charge in [-0.1, -0.05) is 31.2 Å². The van der Waals surface area contributed by atoms with Crippen LogP contribution in [0, 0.1) is 0 Å². The van der Waals surface area contributed by atoms with Gasteiger partial charge < -0.3 is 5.11 Å². The standard InChI is InChI=1S/C12H11F7O/c1-2-7-4-3-5-8(6-7)9(20)10(13,11(14,15)16)12(17,18)19/h3-6,9,20H,2H2,1H3. The lowest BCUT2D eigenvalue weighted by atomic mass is 9.90. The predicted molar refractivity (Wildman–Crippen MR) is 56.7 cm³/mol. The Kier molecular flexibility index (Phi) is 4.38. The third-order valence-electron chi connectivity index (χ3n) is 2.88. The molecular formula is C12H11F7O. The number of hydrogen-bond donors (Lipinski definition) is 1. The number of aliphatic hydroxyl groups excluding tert-OH is 1. The van der Waals surface area contributed by atoms with Crippen molar-refractivity contribution in [2.75, 3.05) is 0 Å². The van der Waals surface area contributed by atoms with Gasteiger partial charge in [0, 0.05) is 0 Å². The number of aliphatic hydroxyl groups is 1. The van der Waals surface area contributed by atoms with Crippen molar-refractivity contribution in [1.82, 2.24) is 0 Å². The summed E-state index contributed by atoms with van der Waals surface area (Å²) < 4.78 is 88.4. The largest absolute Gasteiger partial charge is 0.434 e. The first-order chi connectivity index (χ1) is 8.95. The van der Waals surface area contributed by atoms with Crippen molar-refractivity contribution in [3.8, 4) is 0 Å². The van der Waals surface area contributed by atoms with Crippen LogP contribution in [0.2, 0.25) is 0 Å². The van der Waals surface area contributed by atoms with Gasteiger partial charge in [0.1, 0.15) is 6.10 Å². The molecule has 20 heavy (non-hydrogen) atoms. The van der Waals surface area contributed by atoms with E-state index in [0.717, 1.165) is 18.2 Å². The van der Waals surface area contributed by atoms with Gasteiger partial charge in [-0.2, -0.15) is 26.3 Å². The van der Waals surface area contributed by atoms with Gasteiger partial charge in [-0.05, 0) is 17.5 Å². The number of rotatable bonds is 3. The van der Waals surface area contributed by atoms with Crippen LogP contribution in [0.4, 0.5) is 30.7 Å². The maximum absolute atomic E-state index is 13.6. The molecule has 0 aliphatic heterocycles. The van der Waals surface area contributed by atoms with E-state index < -0.39 is 29.7 Å². The summed E-state index contributed by atoms with van der Waals surface area (Å²) in [5.41, 5.74) is -6.11. The number of halogens is 7. The highest BCUT2D eigenvalue weighted by Gasteiger charge is 2.76. The maximum atomic E-state index is 13.6. The van der Waals surface area contributed by atoms with E-state index in [4.69, 9.17) is 0 Å². The van der Waals surface area contributed by atoms with E-state index in [1.807, 2.05) is 0 Å². The molecule has 1 atom stereocenters. The number of hydrogen-bond acceptors (Lipinski definition) is 1. The van der Waals surface area contributed by atoms with Crippen molar-refractivity contribution in [2.24, 2.45) is 0 Å². The maximum Gasteiger partial charge on any atom is 0.434 e. The van der Waals surface area contributed by atoms with Crippen molar-refractivity contribution in [3.63, 3.8) is 0 Å². The summed E-state index contributed by atoms with van der Waals surface area (Å²) in [5.74, 6) is 0. The summed E-state index contributed by atoms with van der Waals surface area (Å²) >= 11 is 0. The van der Waals surface area contributed by atoms with Crippen molar-refractivity contribution in [1.29, 1.82) is 0 Å². The Hall–Kier alpha value is -1.31. The SMILES string of the molecule is CCc1cccc(C(O)C(F)(C(F)(F)F)C(F)(F)F)c1. The molecule has 0 bridgehead atoms. The van der Waals surface area contributed by atoms with Crippen LogP contribution >= 0.6 is 0 Å². The summed E-state index contributed by atoms with van der Waals surface area (Å²) in [6.07, 6.45) is -15.6. The fourth-order valence-electron chi connectivity index (χ4n) is 1.68. The molecule has 114 valence electrons. The lowest BCUT2D eigenvalue weighted by Gasteiger charge is -2.34. The Morgan fingerprint density at radius 2 is 1.50 bits per heavy atom. The molecule has 8 heteroatoms. The number of alkyl halides is 7. The van der Waals surface area contributed by atoms with Crippen LogP contribution in [-0.2, 0) is 6.42 Å². The molecule has 0 saturated heterocycles. The molecule has 1 rings (SSSR count). The van der Waals surface area contributed by atoms with Crippen LogP contribution < -0.4 is 0 Å². The highest BCUT2D eigenvalue weighted by molar-refractivity contribution is 5.28. The van der Waals surface area contributed by atoms with E-state index in [-0.39, 0.29) is 0 Å². The van der Waals surface area contributed by atoms with Crippen molar-refractivity contribution in [3.05, 3.63) is 35.4 Å². The Balaban J connectivity index is 3.35. The first-order valence-electron chi connectivity index (χ1n) is 5.54. The Bertz CT molecular complexity index is 450. The summed E-state index contributed by atoms with van der Waals surface area (Å²) in [5, 5.41) is 9.32. The lowest BCUT2D eigenvalue weighted by molar-refractivity contribution is -0.366.